The zero-order valence-corrected chi connectivity index (χ0v) is 11.9. The van der Waals surface area contributed by atoms with Gasteiger partial charge >= 0.3 is 12.0 Å². The maximum atomic E-state index is 11.7. The van der Waals surface area contributed by atoms with Crippen LogP contribution in [0, 0.1) is 5.41 Å². The highest BCUT2D eigenvalue weighted by molar-refractivity contribution is 5.79. The van der Waals surface area contributed by atoms with Gasteiger partial charge in [-0.3, -0.25) is 4.79 Å². The molecule has 3 N–H and O–H groups in total. The molecule has 0 aromatic rings. The Kier molecular flexibility index (Phi) is 5.60. The quantitative estimate of drug-likeness (QED) is 0.681. The molecule has 19 heavy (non-hydrogen) atoms. The van der Waals surface area contributed by atoms with Crippen molar-refractivity contribution < 1.29 is 19.4 Å². The number of carboxylic acids is 1. The molecule has 0 aromatic heterocycles. The lowest BCUT2D eigenvalue weighted by atomic mass is 9.85. The van der Waals surface area contributed by atoms with E-state index in [1.807, 2.05) is 13.8 Å². The number of urea groups is 1. The van der Waals surface area contributed by atoms with Crippen LogP contribution in [0.5, 0.6) is 0 Å². The number of carbonyl (C=O) groups is 2. The van der Waals surface area contributed by atoms with Crippen LogP contribution in [0.4, 0.5) is 4.79 Å². The average Bonchev–Trinajstić information content (AvgIpc) is 2.70. The number of amides is 2. The van der Waals surface area contributed by atoms with E-state index in [-0.39, 0.29) is 18.2 Å². The molecule has 0 saturated heterocycles. The van der Waals surface area contributed by atoms with Gasteiger partial charge in [-0.1, -0.05) is 6.42 Å². The Morgan fingerprint density at radius 3 is 2.79 bits per heavy atom. The third kappa shape index (κ3) is 4.09. The summed E-state index contributed by atoms with van der Waals surface area (Å²) in [7, 11) is 0. The van der Waals surface area contributed by atoms with Crippen molar-refractivity contribution in [1.82, 2.24) is 10.6 Å². The number of aliphatic carboxylic acids is 1. The van der Waals surface area contributed by atoms with Crippen LogP contribution in [0.15, 0.2) is 0 Å². The number of carbonyl (C=O) groups excluding carboxylic acids is 1. The topological polar surface area (TPSA) is 87.7 Å². The van der Waals surface area contributed by atoms with Gasteiger partial charge in [0.15, 0.2) is 0 Å². The fourth-order valence-electron chi connectivity index (χ4n) is 2.44. The number of ether oxygens (including phenoxy) is 1. The number of rotatable bonds is 6. The fourth-order valence-corrected chi connectivity index (χ4v) is 2.44. The van der Waals surface area contributed by atoms with Crippen LogP contribution < -0.4 is 10.6 Å². The van der Waals surface area contributed by atoms with Crippen LogP contribution in [0.25, 0.3) is 0 Å². The van der Waals surface area contributed by atoms with Gasteiger partial charge in [-0.05, 0) is 33.6 Å². The summed E-state index contributed by atoms with van der Waals surface area (Å²) in [4.78, 5) is 23.0. The second-order valence-electron chi connectivity index (χ2n) is 5.29. The Bertz CT molecular complexity index is 335. The van der Waals surface area contributed by atoms with E-state index in [2.05, 4.69) is 10.6 Å². The summed E-state index contributed by atoms with van der Waals surface area (Å²) in [6, 6.07) is -0.640. The first-order valence-corrected chi connectivity index (χ1v) is 6.79. The zero-order valence-electron chi connectivity index (χ0n) is 11.9. The largest absolute Gasteiger partial charge is 0.481 e. The molecule has 110 valence electrons. The van der Waals surface area contributed by atoms with E-state index in [4.69, 9.17) is 4.74 Å². The van der Waals surface area contributed by atoms with E-state index in [0.717, 1.165) is 6.42 Å². The predicted molar refractivity (Wildman–Crippen MR) is 71.0 cm³/mol. The van der Waals surface area contributed by atoms with Gasteiger partial charge in [-0.25, -0.2) is 4.79 Å². The molecule has 1 aliphatic rings. The molecule has 0 heterocycles. The van der Waals surface area contributed by atoms with Crippen molar-refractivity contribution >= 4 is 12.0 Å². The van der Waals surface area contributed by atoms with Gasteiger partial charge in [0.1, 0.15) is 0 Å². The Hall–Kier alpha value is -1.30. The Morgan fingerprint density at radius 2 is 2.21 bits per heavy atom. The van der Waals surface area contributed by atoms with E-state index >= 15 is 0 Å². The van der Waals surface area contributed by atoms with Crippen molar-refractivity contribution in [3.63, 3.8) is 0 Å². The van der Waals surface area contributed by atoms with E-state index in [0.29, 0.717) is 26.0 Å². The van der Waals surface area contributed by atoms with Crippen molar-refractivity contribution in [2.24, 2.45) is 5.41 Å². The van der Waals surface area contributed by atoms with E-state index < -0.39 is 11.4 Å². The summed E-state index contributed by atoms with van der Waals surface area (Å²) in [5.41, 5.74) is -0.858. The highest BCUT2D eigenvalue weighted by Crippen LogP contribution is 2.38. The van der Waals surface area contributed by atoms with Gasteiger partial charge in [0.25, 0.3) is 0 Å². The van der Waals surface area contributed by atoms with Gasteiger partial charge in [0, 0.05) is 19.2 Å². The number of hydrogen-bond donors (Lipinski definition) is 3. The van der Waals surface area contributed by atoms with Crippen LogP contribution in [0.2, 0.25) is 0 Å². The van der Waals surface area contributed by atoms with E-state index in [1.54, 1.807) is 6.92 Å². The smallest absolute Gasteiger partial charge is 0.315 e. The molecule has 1 aliphatic carbocycles. The monoisotopic (exact) mass is 272 g/mol. The second kappa shape index (κ2) is 6.75. The first-order chi connectivity index (χ1) is 8.90. The summed E-state index contributed by atoms with van der Waals surface area (Å²) >= 11 is 0. The molecule has 1 rings (SSSR count). The van der Waals surface area contributed by atoms with Gasteiger partial charge < -0.3 is 20.5 Å². The van der Waals surface area contributed by atoms with Crippen molar-refractivity contribution in [1.29, 1.82) is 0 Å². The van der Waals surface area contributed by atoms with E-state index in [1.165, 1.54) is 0 Å². The summed E-state index contributed by atoms with van der Waals surface area (Å²) in [5.74, 6) is -0.849. The second-order valence-corrected chi connectivity index (χ2v) is 5.29. The average molecular weight is 272 g/mol. The molecule has 3 atom stereocenters. The minimum Gasteiger partial charge on any atom is -0.481 e. The lowest BCUT2D eigenvalue weighted by Crippen LogP contribution is -2.51. The van der Waals surface area contributed by atoms with Gasteiger partial charge in [-0.15, -0.1) is 0 Å². The highest BCUT2D eigenvalue weighted by Gasteiger charge is 2.45. The van der Waals surface area contributed by atoms with Crippen LogP contribution in [-0.4, -0.2) is 42.4 Å². The lowest BCUT2D eigenvalue weighted by molar-refractivity contribution is -0.148. The molecular weight excluding hydrogens is 248 g/mol. The van der Waals surface area contributed by atoms with Crippen LogP contribution >= 0.6 is 0 Å². The van der Waals surface area contributed by atoms with Gasteiger partial charge in [0.05, 0.1) is 11.5 Å². The fraction of sp³-hybridized carbons (Fsp3) is 0.846. The Labute approximate surface area is 113 Å². The summed E-state index contributed by atoms with van der Waals surface area (Å²) in [6.07, 6.45) is 2.08. The molecule has 1 fully saturated rings. The number of hydrogen-bond acceptors (Lipinski definition) is 3. The first-order valence-electron chi connectivity index (χ1n) is 6.79. The number of carboxylic acid groups (broad SMARTS) is 1. The third-order valence-corrected chi connectivity index (χ3v) is 3.75. The lowest BCUT2D eigenvalue weighted by Gasteiger charge is -2.27. The molecule has 0 aliphatic heterocycles. The van der Waals surface area contributed by atoms with Crippen LogP contribution in [-0.2, 0) is 9.53 Å². The molecule has 1 saturated carbocycles. The van der Waals surface area contributed by atoms with Gasteiger partial charge in [-0.2, -0.15) is 0 Å². The third-order valence-electron chi connectivity index (χ3n) is 3.75. The number of nitrogens with one attached hydrogen (secondary N) is 2. The molecule has 0 bridgehead atoms. The Morgan fingerprint density at radius 1 is 1.53 bits per heavy atom. The minimum atomic E-state index is -0.858. The molecule has 6 nitrogen and oxygen atoms in total. The summed E-state index contributed by atoms with van der Waals surface area (Å²) in [5, 5.41) is 14.7. The normalized spacial score (nSPS) is 27.8. The first kappa shape index (κ1) is 15.8. The highest BCUT2D eigenvalue weighted by atomic mass is 16.5. The van der Waals surface area contributed by atoms with Crippen LogP contribution in [0.1, 0.15) is 40.0 Å². The summed E-state index contributed by atoms with van der Waals surface area (Å²) < 4.78 is 5.30. The maximum absolute atomic E-state index is 11.7. The molecule has 0 aromatic carbocycles. The molecule has 6 heteroatoms. The standard InChI is InChI=1S/C13H24N2O4/c1-4-19-9(2)8-14-12(18)15-10-6-5-7-13(10,3)11(16)17/h9-10H,4-8H2,1-3H3,(H,16,17)(H2,14,15,18). The predicted octanol–water partition coefficient (Wildman–Crippen LogP) is 1.35. The van der Waals surface area contributed by atoms with Gasteiger partial charge in [0.2, 0.25) is 0 Å². The zero-order chi connectivity index (χ0) is 14.5. The van der Waals surface area contributed by atoms with Crippen molar-refractivity contribution in [3.8, 4) is 0 Å². The molecular formula is C13H24N2O4. The van der Waals surface area contributed by atoms with Crippen molar-refractivity contribution in [3.05, 3.63) is 0 Å². The van der Waals surface area contributed by atoms with Crippen molar-refractivity contribution in [2.75, 3.05) is 13.2 Å². The Balaban J connectivity index is 2.42. The van der Waals surface area contributed by atoms with Crippen molar-refractivity contribution in [2.45, 2.75) is 52.2 Å². The van der Waals surface area contributed by atoms with Crippen LogP contribution in [0.3, 0.4) is 0 Å². The molecule has 0 radical (unpaired) electrons. The van der Waals surface area contributed by atoms with E-state index in [9.17, 15) is 14.7 Å². The molecule has 3 unspecified atom stereocenters. The molecule has 0 spiro atoms. The summed E-state index contributed by atoms with van der Waals surface area (Å²) in [6.45, 7) is 6.48. The minimum absolute atomic E-state index is 0.0508. The SMILES string of the molecule is CCOC(C)CNC(=O)NC1CCCC1(C)C(=O)O. The maximum Gasteiger partial charge on any atom is 0.315 e. The molecule has 2 amide bonds.